The lowest BCUT2D eigenvalue weighted by molar-refractivity contribution is 0.418. The predicted octanol–water partition coefficient (Wildman–Crippen LogP) is 5.07. The van der Waals surface area contributed by atoms with Crippen LogP contribution < -0.4 is 10.1 Å². The summed E-state index contributed by atoms with van der Waals surface area (Å²) >= 11 is 0. The maximum atomic E-state index is 5.72. The van der Waals surface area contributed by atoms with Crippen molar-refractivity contribution in [3.63, 3.8) is 0 Å². The van der Waals surface area contributed by atoms with Crippen molar-refractivity contribution in [1.82, 2.24) is 0 Å². The van der Waals surface area contributed by atoms with Gasteiger partial charge in [-0.2, -0.15) is 0 Å². The third-order valence-electron chi connectivity index (χ3n) is 3.78. The highest BCUT2D eigenvalue weighted by molar-refractivity contribution is 5.91. The second kappa shape index (κ2) is 6.35. The molecule has 22 heavy (non-hydrogen) atoms. The van der Waals surface area contributed by atoms with Gasteiger partial charge in [0.25, 0.3) is 0 Å². The molecule has 1 N–H and O–H groups in total. The Morgan fingerprint density at radius 1 is 0.727 bits per heavy atom. The molecule has 3 aromatic rings. The molecular weight excluding hydrogens is 270 g/mol. The van der Waals surface area contributed by atoms with E-state index < -0.39 is 0 Å². The van der Waals surface area contributed by atoms with Crippen LogP contribution in [-0.4, -0.2) is 14.2 Å². The Morgan fingerprint density at radius 3 is 1.86 bits per heavy atom. The van der Waals surface area contributed by atoms with Gasteiger partial charge in [0.05, 0.1) is 12.8 Å². The van der Waals surface area contributed by atoms with Gasteiger partial charge in [-0.3, -0.25) is 0 Å². The summed E-state index contributed by atoms with van der Waals surface area (Å²) in [5, 5.41) is 3.21. The van der Waals surface area contributed by atoms with E-state index in [1.807, 2.05) is 19.2 Å². The summed E-state index contributed by atoms with van der Waals surface area (Å²) in [6, 6.07) is 25.0. The Bertz CT molecular complexity index is 751. The molecule has 110 valence electrons. The zero-order chi connectivity index (χ0) is 15.4. The fourth-order valence-electron chi connectivity index (χ4n) is 2.74. The van der Waals surface area contributed by atoms with Crippen molar-refractivity contribution >= 4 is 5.69 Å². The summed E-state index contributed by atoms with van der Waals surface area (Å²) < 4.78 is 5.72. The lowest BCUT2D eigenvalue weighted by Gasteiger charge is -2.18. The molecule has 0 radical (unpaired) electrons. The number of methoxy groups -OCH3 is 1. The van der Waals surface area contributed by atoms with Crippen LogP contribution in [-0.2, 0) is 0 Å². The highest BCUT2D eigenvalue weighted by Crippen LogP contribution is 2.43. The third kappa shape index (κ3) is 2.56. The van der Waals surface area contributed by atoms with Gasteiger partial charge in [0.15, 0.2) is 0 Å². The van der Waals surface area contributed by atoms with E-state index in [0.717, 1.165) is 22.6 Å². The quantitative estimate of drug-likeness (QED) is 0.724. The van der Waals surface area contributed by atoms with E-state index in [2.05, 4.69) is 66.0 Å². The number of hydrogen-bond acceptors (Lipinski definition) is 2. The van der Waals surface area contributed by atoms with Gasteiger partial charge in [-0.25, -0.2) is 0 Å². The number of nitrogens with one attached hydrogen (secondary N) is 1. The van der Waals surface area contributed by atoms with E-state index in [1.165, 1.54) is 11.1 Å². The molecule has 0 fully saturated rings. The van der Waals surface area contributed by atoms with Crippen LogP contribution >= 0.6 is 0 Å². The van der Waals surface area contributed by atoms with Gasteiger partial charge in [-0.05, 0) is 22.8 Å². The average Bonchev–Trinajstić information content (AvgIpc) is 2.61. The van der Waals surface area contributed by atoms with E-state index >= 15 is 0 Å². The lowest BCUT2D eigenvalue weighted by atomic mass is 9.93. The molecule has 0 spiro atoms. The molecule has 0 bridgehead atoms. The Morgan fingerprint density at radius 2 is 1.32 bits per heavy atom. The highest BCUT2D eigenvalue weighted by atomic mass is 16.5. The van der Waals surface area contributed by atoms with Crippen molar-refractivity contribution in [1.29, 1.82) is 0 Å². The molecule has 0 saturated carbocycles. The van der Waals surface area contributed by atoms with Gasteiger partial charge < -0.3 is 10.1 Å². The average molecular weight is 289 g/mol. The largest absolute Gasteiger partial charge is 0.494 e. The van der Waals surface area contributed by atoms with E-state index in [1.54, 1.807) is 7.11 Å². The molecule has 3 aromatic carbocycles. The van der Waals surface area contributed by atoms with Crippen LogP contribution in [0.15, 0.2) is 72.8 Å². The lowest BCUT2D eigenvalue weighted by Crippen LogP contribution is -1.98. The number of anilines is 1. The number of benzene rings is 3. The maximum absolute atomic E-state index is 5.72. The molecule has 0 unspecified atom stereocenters. The standard InChI is InChI=1S/C20H19NO/c1-21-18-14-13-17(15-9-5-3-6-10-15)19(20(18)22-2)16-11-7-4-8-12-16/h3-14,21H,1-2H3. The van der Waals surface area contributed by atoms with Crippen LogP contribution in [0.4, 0.5) is 5.69 Å². The normalized spacial score (nSPS) is 10.3. The molecule has 2 heteroatoms. The first-order chi connectivity index (χ1) is 10.8. The summed E-state index contributed by atoms with van der Waals surface area (Å²) in [6.45, 7) is 0. The molecule has 3 rings (SSSR count). The minimum Gasteiger partial charge on any atom is -0.494 e. The second-order valence-electron chi connectivity index (χ2n) is 5.05. The van der Waals surface area contributed by atoms with Gasteiger partial charge in [-0.15, -0.1) is 0 Å². The summed E-state index contributed by atoms with van der Waals surface area (Å²) in [5.74, 6) is 0.870. The summed E-state index contributed by atoms with van der Waals surface area (Å²) in [7, 11) is 3.63. The molecule has 0 aromatic heterocycles. The van der Waals surface area contributed by atoms with Crippen LogP contribution in [0.25, 0.3) is 22.3 Å². The number of rotatable bonds is 4. The topological polar surface area (TPSA) is 21.3 Å². The first-order valence-electron chi connectivity index (χ1n) is 7.34. The zero-order valence-corrected chi connectivity index (χ0v) is 12.8. The van der Waals surface area contributed by atoms with Crippen LogP contribution in [0, 0.1) is 0 Å². The van der Waals surface area contributed by atoms with Crippen LogP contribution in [0.2, 0.25) is 0 Å². The Labute approximate surface area is 131 Å². The van der Waals surface area contributed by atoms with Crippen LogP contribution in [0.1, 0.15) is 0 Å². The van der Waals surface area contributed by atoms with E-state index in [0.29, 0.717) is 0 Å². The zero-order valence-electron chi connectivity index (χ0n) is 12.8. The van der Waals surface area contributed by atoms with Gasteiger partial charge in [0.1, 0.15) is 5.75 Å². The van der Waals surface area contributed by atoms with E-state index in [4.69, 9.17) is 4.74 Å². The fourth-order valence-corrected chi connectivity index (χ4v) is 2.74. The minimum atomic E-state index is 0.870. The Balaban J connectivity index is 2.31. The Kier molecular flexibility index (Phi) is 4.10. The molecule has 2 nitrogen and oxygen atoms in total. The van der Waals surface area contributed by atoms with E-state index in [-0.39, 0.29) is 0 Å². The van der Waals surface area contributed by atoms with Crippen molar-refractivity contribution in [2.75, 3.05) is 19.5 Å². The maximum Gasteiger partial charge on any atom is 0.150 e. The van der Waals surface area contributed by atoms with Gasteiger partial charge in [0, 0.05) is 12.6 Å². The monoisotopic (exact) mass is 289 g/mol. The molecular formula is C20H19NO. The minimum absolute atomic E-state index is 0.870. The molecule has 0 atom stereocenters. The first kappa shape index (κ1) is 14.2. The SMILES string of the molecule is CNc1ccc(-c2ccccc2)c(-c2ccccc2)c1OC. The summed E-state index contributed by atoms with van der Waals surface area (Å²) in [4.78, 5) is 0. The van der Waals surface area contributed by atoms with Crippen molar-refractivity contribution in [2.45, 2.75) is 0 Å². The number of ether oxygens (including phenoxy) is 1. The summed E-state index contributed by atoms with van der Waals surface area (Å²) in [6.07, 6.45) is 0. The van der Waals surface area contributed by atoms with Gasteiger partial charge in [0.2, 0.25) is 0 Å². The van der Waals surface area contributed by atoms with Crippen molar-refractivity contribution in [2.24, 2.45) is 0 Å². The molecule has 0 saturated heterocycles. The number of hydrogen-bond donors (Lipinski definition) is 1. The van der Waals surface area contributed by atoms with Crippen LogP contribution in [0.5, 0.6) is 5.75 Å². The van der Waals surface area contributed by atoms with Gasteiger partial charge in [-0.1, -0.05) is 66.7 Å². The first-order valence-corrected chi connectivity index (χ1v) is 7.34. The van der Waals surface area contributed by atoms with Crippen molar-refractivity contribution in [3.8, 4) is 28.0 Å². The van der Waals surface area contributed by atoms with Crippen LogP contribution in [0.3, 0.4) is 0 Å². The molecule has 0 aliphatic heterocycles. The molecule has 0 heterocycles. The molecule has 0 amide bonds. The van der Waals surface area contributed by atoms with Gasteiger partial charge >= 0.3 is 0 Å². The van der Waals surface area contributed by atoms with Crippen molar-refractivity contribution in [3.05, 3.63) is 72.8 Å². The third-order valence-corrected chi connectivity index (χ3v) is 3.78. The predicted molar refractivity (Wildman–Crippen MR) is 93.4 cm³/mol. The summed E-state index contributed by atoms with van der Waals surface area (Å²) in [5.41, 5.74) is 5.60. The fraction of sp³-hybridized carbons (Fsp3) is 0.100. The van der Waals surface area contributed by atoms with E-state index in [9.17, 15) is 0 Å². The smallest absolute Gasteiger partial charge is 0.150 e. The highest BCUT2D eigenvalue weighted by Gasteiger charge is 2.16. The Hall–Kier alpha value is -2.74. The molecule has 0 aliphatic rings. The van der Waals surface area contributed by atoms with Crippen molar-refractivity contribution < 1.29 is 4.74 Å². The molecule has 0 aliphatic carbocycles. The second-order valence-corrected chi connectivity index (χ2v) is 5.05.